The molecule has 0 fully saturated rings. The van der Waals surface area contributed by atoms with Crippen LogP contribution in [0, 0.1) is 0 Å². The summed E-state index contributed by atoms with van der Waals surface area (Å²) in [6.07, 6.45) is 98.2. The van der Waals surface area contributed by atoms with Gasteiger partial charge in [-0.1, -0.05) is 288 Å². The Morgan fingerprint density at radius 2 is 0.481 bits per heavy atom. The maximum absolute atomic E-state index is 12.9. The summed E-state index contributed by atoms with van der Waals surface area (Å²) in [5, 5.41) is 0. The van der Waals surface area contributed by atoms with Gasteiger partial charge in [-0.3, -0.25) is 14.4 Å². The van der Waals surface area contributed by atoms with Crippen LogP contribution < -0.4 is 0 Å². The summed E-state index contributed by atoms with van der Waals surface area (Å²) in [6, 6.07) is 0. The molecule has 1 unspecified atom stereocenters. The first kappa shape index (κ1) is 76.0. The first-order valence-corrected chi connectivity index (χ1v) is 33.0. The second kappa shape index (κ2) is 67.5. The highest BCUT2D eigenvalue weighted by Crippen LogP contribution is 2.15. The normalized spacial score (nSPS) is 13.2. The highest BCUT2D eigenvalue weighted by molar-refractivity contribution is 5.71. The van der Waals surface area contributed by atoms with E-state index in [9.17, 15) is 14.4 Å². The monoisotopic (exact) mass is 1120 g/mol. The fourth-order valence-electron chi connectivity index (χ4n) is 8.66. The summed E-state index contributed by atoms with van der Waals surface area (Å²) < 4.78 is 16.9. The molecule has 0 saturated heterocycles. The Morgan fingerprint density at radius 1 is 0.259 bits per heavy atom. The lowest BCUT2D eigenvalue weighted by atomic mass is 10.0. The Morgan fingerprint density at radius 3 is 0.753 bits per heavy atom. The van der Waals surface area contributed by atoms with Gasteiger partial charge < -0.3 is 14.2 Å². The summed E-state index contributed by atoms with van der Waals surface area (Å²) in [5.74, 6) is -0.942. The molecule has 0 amide bonds. The molecule has 81 heavy (non-hydrogen) atoms. The molecule has 0 aromatic carbocycles. The molecule has 0 aliphatic carbocycles. The van der Waals surface area contributed by atoms with Crippen molar-refractivity contribution in [2.45, 2.75) is 284 Å². The minimum atomic E-state index is -0.805. The number of allylic oxidation sites excluding steroid dienone is 26. The van der Waals surface area contributed by atoms with E-state index in [0.717, 1.165) is 173 Å². The number of ether oxygens (including phenoxy) is 3. The lowest BCUT2D eigenvalue weighted by Gasteiger charge is -2.18. The Labute approximate surface area is 499 Å². The van der Waals surface area contributed by atoms with E-state index in [4.69, 9.17) is 14.2 Å². The van der Waals surface area contributed by atoms with Crippen molar-refractivity contribution >= 4 is 17.9 Å². The van der Waals surface area contributed by atoms with Gasteiger partial charge in [0, 0.05) is 19.3 Å². The second-order valence-electron chi connectivity index (χ2n) is 21.3. The quantitative estimate of drug-likeness (QED) is 0.0261. The maximum atomic E-state index is 12.9. The van der Waals surface area contributed by atoms with Gasteiger partial charge in [0.05, 0.1) is 0 Å². The predicted molar refractivity (Wildman–Crippen MR) is 352 cm³/mol. The average molecular weight is 1120 g/mol. The largest absolute Gasteiger partial charge is 0.462 e. The van der Waals surface area contributed by atoms with Crippen LogP contribution in [-0.2, 0) is 28.6 Å². The minimum absolute atomic E-state index is 0.0977. The number of rotatable bonds is 58. The molecule has 0 rings (SSSR count). The van der Waals surface area contributed by atoms with Crippen LogP contribution in [0.4, 0.5) is 0 Å². The molecule has 1 atom stereocenters. The van der Waals surface area contributed by atoms with E-state index in [-0.39, 0.29) is 31.1 Å². The maximum Gasteiger partial charge on any atom is 0.306 e. The summed E-state index contributed by atoms with van der Waals surface area (Å²) in [6.45, 7) is 6.38. The van der Waals surface area contributed by atoms with E-state index >= 15 is 0 Å². The first-order valence-electron chi connectivity index (χ1n) is 33.0. The average Bonchev–Trinajstić information content (AvgIpc) is 3.46. The van der Waals surface area contributed by atoms with Gasteiger partial charge in [0.1, 0.15) is 13.2 Å². The van der Waals surface area contributed by atoms with Crippen LogP contribution in [0.3, 0.4) is 0 Å². The SMILES string of the molecule is CC/C=C\C/C=C\C/C=C\C/C=C\C/C=C\C/C=C\C/C=C\C/C=C\C/C=C\CCCCCCCC(=O)OCC(COC(=O)CCCCCCCCCCCCCCC)OC(=O)CCCCCC/C=C\C/C=C\C/C=C\C/C=C\CC. The lowest BCUT2D eigenvalue weighted by molar-refractivity contribution is -0.167. The number of hydrogen-bond donors (Lipinski definition) is 0. The Hall–Kier alpha value is -4.97. The lowest BCUT2D eigenvalue weighted by Crippen LogP contribution is -2.30. The predicted octanol–water partition coefficient (Wildman–Crippen LogP) is 22.9. The molecule has 0 bridgehead atoms. The number of hydrogen-bond acceptors (Lipinski definition) is 6. The van der Waals surface area contributed by atoms with E-state index in [1.165, 1.54) is 64.2 Å². The third-order valence-electron chi connectivity index (χ3n) is 13.5. The Balaban J connectivity index is 4.37. The molecular weight excluding hydrogens is 997 g/mol. The fourth-order valence-corrected chi connectivity index (χ4v) is 8.66. The van der Waals surface area contributed by atoms with Crippen molar-refractivity contribution in [1.29, 1.82) is 0 Å². The fraction of sp³-hybridized carbons (Fsp3) is 0.613. The van der Waals surface area contributed by atoms with Crippen LogP contribution in [0.2, 0.25) is 0 Å². The van der Waals surface area contributed by atoms with E-state index in [2.05, 4.69) is 179 Å². The van der Waals surface area contributed by atoms with Crippen LogP contribution in [0.25, 0.3) is 0 Å². The van der Waals surface area contributed by atoms with Crippen LogP contribution in [0.1, 0.15) is 278 Å². The molecule has 6 heteroatoms. The molecule has 0 aliphatic heterocycles. The van der Waals surface area contributed by atoms with Crippen molar-refractivity contribution in [3.8, 4) is 0 Å². The van der Waals surface area contributed by atoms with Crippen molar-refractivity contribution < 1.29 is 28.6 Å². The third kappa shape index (κ3) is 65.7. The molecule has 0 aromatic heterocycles. The van der Waals surface area contributed by atoms with Gasteiger partial charge in [-0.25, -0.2) is 0 Å². The van der Waals surface area contributed by atoms with Crippen LogP contribution in [0.15, 0.2) is 158 Å². The number of esters is 3. The van der Waals surface area contributed by atoms with Crippen molar-refractivity contribution in [2.24, 2.45) is 0 Å². The minimum Gasteiger partial charge on any atom is -0.462 e. The van der Waals surface area contributed by atoms with Crippen molar-refractivity contribution in [3.05, 3.63) is 158 Å². The van der Waals surface area contributed by atoms with Gasteiger partial charge in [0.2, 0.25) is 0 Å². The summed E-state index contributed by atoms with van der Waals surface area (Å²) in [4.78, 5) is 38.3. The highest BCUT2D eigenvalue weighted by Gasteiger charge is 2.19. The highest BCUT2D eigenvalue weighted by atomic mass is 16.6. The third-order valence-corrected chi connectivity index (χ3v) is 13.5. The van der Waals surface area contributed by atoms with Crippen molar-refractivity contribution in [3.63, 3.8) is 0 Å². The molecule has 456 valence electrons. The zero-order valence-corrected chi connectivity index (χ0v) is 52.2. The van der Waals surface area contributed by atoms with E-state index < -0.39 is 6.10 Å². The topological polar surface area (TPSA) is 78.9 Å². The van der Waals surface area contributed by atoms with E-state index in [1.54, 1.807) is 0 Å². The van der Waals surface area contributed by atoms with E-state index in [0.29, 0.717) is 19.3 Å². The van der Waals surface area contributed by atoms with Crippen molar-refractivity contribution in [1.82, 2.24) is 0 Å². The molecule has 0 saturated carbocycles. The molecule has 6 nitrogen and oxygen atoms in total. The van der Waals surface area contributed by atoms with Crippen LogP contribution in [0.5, 0.6) is 0 Å². The zero-order valence-electron chi connectivity index (χ0n) is 52.2. The van der Waals surface area contributed by atoms with Gasteiger partial charge >= 0.3 is 17.9 Å². The number of carbonyl (C=O) groups excluding carboxylic acids is 3. The molecule has 0 heterocycles. The number of unbranched alkanes of at least 4 members (excludes halogenated alkanes) is 21. The van der Waals surface area contributed by atoms with Crippen LogP contribution >= 0.6 is 0 Å². The molecular formula is C75H120O6. The van der Waals surface area contributed by atoms with Crippen molar-refractivity contribution in [2.75, 3.05) is 13.2 Å². The second-order valence-corrected chi connectivity index (χ2v) is 21.3. The first-order chi connectivity index (χ1) is 40.0. The van der Waals surface area contributed by atoms with Gasteiger partial charge in [-0.2, -0.15) is 0 Å². The molecule has 0 spiro atoms. The smallest absolute Gasteiger partial charge is 0.306 e. The summed E-state index contributed by atoms with van der Waals surface area (Å²) in [5.41, 5.74) is 0. The Bertz CT molecular complexity index is 1810. The molecule has 0 aromatic rings. The summed E-state index contributed by atoms with van der Waals surface area (Å²) >= 11 is 0. The van der Waals surface area contributed by atoms with Gasteiger partial charge in [-0.15, -0.1) is 0 Å². The van der Waals surface area contributed by atoms with Gasteiger partial charge in [0.15, 0.2) is 6.10 Å². The zero-order chi connectivity index (χ0) is 58.5. The standard InChI is InChI=1S/C75H120O6/c1-4-7-10-13-16-19-22-25-27-29-30-31-32-33-34-35-36-37-38-39-40-41-42-43-44-46-47-50-53-56-59-62-65-68-74(77)80-71-72(70-79-73(76)67-64-61-58-55-52-49-24-21-18-15-12-9-6-3)81-75(78)69-66-63-60-57-54-51-48-45-28-26-23-20-17-14-11-8-5-2/h7-8,10-11,16-17,19-20,25-28,30-31,33-34,36-37,39-40,42-43,46-48,51,72H,4-6,9,12-15,18,21-24,29,32,35,38,41,44-45,49-50,52-71H2,1-3H3/b10-7-,11-8-,19-16-,20-17-,27-25-,28-26-,31-30-,34-33-,37-36-,40-39-,43-42-,47-46-,51-48-. The van der Waals surface area contributed by atoms with E-state index in [1.807, 2.05) is 0 Å². The molecule has 0 N–H and O–H groups in total. The molecule has 0 aliphatic rings. The Kier molecular flexibility index (Phi) is 63.4. The van der Waals surface area contributed by atoms with Gasteiger partial charge in [-0.05, 0) is 128 Å². The van der Waals surface area contributed by atoms with Crippen LogP contribution in [-0.4, -0.2) is 37.2 Å². The van der Waals surface area contributed by atoms with Gasteiger partial charge in [0.25, 0.3) is 0 Å². The molecule has 0 radical (unpaired) electrons. The number of carbonyl (C=O) groups is 3. The summed E-state index contributed by atoms with van der Waals surface area (Å²) in [7, 11) is 0.